The van der Waals surface area contributed by atoms with Crippen LogP contribution in [0.15, 0.2) is 35.7 Å². The average molecular weight is 431 g/mol. The zero-order chi connectivity index (χ0) is 19.8. The first-order chi connectivity index (χ1) is 14.2. The predicted molar refractivity (Wildman–Crippen MR) is 108 cm³/mol. The van der Waals surface area contributed by atoms with Crippen LogP contribution in [-0.2, 0) is 11.2 Å². The smallest absolute Gasteiger partial charge is 0.231 e. The van der Waals surface area contributed by atoms with E-state index in [-0.39, 0.29) is 19.1 Å². The minimum atomic E-state index is -0.190. The molecule has 3 aromatic rings. The van der Waals surface area contributed by atoms with E-state index in [1.165, 1.54) is 11.3 Å². The van der Waals surface area contributed by atoms with Crippen molar-refractivity contribution in [3.05, 3.63) is 46.3 Å². The second-order valence-corrected chi connectivity index (χ2v) is 7.70. The minimum Gasteiger partial charge on any atom is -0.486 e. The molecule has 2 aromatic carbocycles. The van der Waals surface area contributed by atoms with Gasteiger partial charge in [0, 0.05) is 10.9 Å². The lowest BCUT2D eigenvalue weighted by molar-refractivity contribution is -0.115. The fraction of sp³-hybridized carbons (Fsp3) is 0.200. The van der Waals surface area contributed by atoms with Crippen LogP contribution >= 0.6 is 22.9 Å². The summed E-state index contributed by atoms with van der Waals surface area (Å²) in [6, 6.07) is 9.13. The molecule has 148 valence electrons. The number of hydrogen-bond donors (Lipinski definition) is 1. The maximum Gasteiger partial charge on any atom is 0.231 e. The van der Waals surface area contributed by atoms with Gasteiger partial charge in [-0.05, 0) is 35.9 Å². The summed E-state index contributed by atoms with van der Waals surface area (Å²) in [6.45, 7) is 1.14. The van der Waals surface area contributed by atoms with Gasteiger partial charge >= 0.3 is 0 Å². The van der Waals surface area contributed by atoms with E-state index in [9.17, 15) is 4.79 Å². The number of nitrogens with zero attached hydrogens (tertiary/aromatic N) is 1. The molecule has 0 saturated heterocycles. The third-order valence-corrected chi connectivity index (χ3v) is 5.48. The molecule has 0 bridgehead atoms. The molecule has 0 saturated carbocycles. The largest absolute Gasteiger partial charge is 0.486 e. The van der Waals surface area contributed by atoms with Gasteiger partial charge in [0.05, 0.1) is 17.1 Å². The van der Waals surface area contributed by atoms with Crippen molar-refractivity contribution in [2.45, 2.75) is 6.42 Å². The second kappa shape index (κ2) is 7.46. The molecule has 29 heavy (non-hydrogen) atoms. The van der Waals surface area contributed by atoms with Crippen LogP contribution in [0, 0.1) is 0 Å². The lowest BCUT2D eigenvalue weighted by Gasteiger charge is -2.20. The molecule has 0 atom stereocenters. The first-order valence-corrected chi connectivity index (χ1v) is 10.1. The third kappa shape index (κ3) is 3.68. The van der Waals surface area contributed by atoms with E-state index in [1.54, 1.807) is 12.1 Å². The molecule has 0 aliphatic carbocycles. The molecule has 1 amide bonds. The standard InChI is InChI=1S/C20H15ClN2O5S/c21-13-5-11(6-17-19(13)26-4-3-25-17)7-18(24)23-20-22-14(9-29-20)12-1-2-15-16(8-12)28-10-27-15/h1-2,5-6,8-9H,3-4,7,10H2,(H,22,23,24). The Labute approximate surface area is 175 Å². The quantitative estimate of drug-likeness (QED) is 0.670. The van der Waals surface area contributed by atoms with Gasteiger partial charge in [-0.15, -0.1) is 11.3 Å². The highest BCUT2D eigenvalue weighted by molar-refractivity contribution is 7.14. The highest BCUT2D eigenvalue weighted by Gasteiger charge is 2.19. The van der Waals surface area contributed by atoms with Crippen LogP contribution in [0.5, 0.6) is 23.0 Å². The number of carbonyl (C=O) groups is 1. The number of aromatic nitrogens is 1. The molecule has 7 nitrogen and oxygen atoms in total. The summed E-state index contributed by atoms with van der Waals surface area (Å²) in [4.78, 5) is 17.0. The number of ether oxygens (including phenoxy) is 4. The lowest BCUT2D eigenvalue weighted by atomic mass is 10.1. The van der Waals surface area contributed by atoms with Crippen molar-refractivity contribution in [2.24, 2.45) is 0 Å². The number of hydrogen-bond acceptors (Lipinski definition) is 7. The number of rotatable bonds is 4. The molecule has 0 unspecified atom stereocenters. The van der Waals surface area contributed by atoms with E-state index in [2.05, 4.69) is 10.3 Å². The SMILES string of the molecule is O=C(Cc1cc(Cl)c2c(c1)OCCO2)Nc1nc(-c2ccc3c(c2)OCO3)cs1. The van der Waals surface area contributed by atoms with E-state index in [0.29, 0.717) is 40.6 Å². The molecule has 0 radical (unpaired) electrons. The summed E-state index contributed by atoms with van der Waals surface area (Å²) >= 11 is 7.59. The maximum atomic E-state index is 12.5. The number of anilines is 1. The zero-order valence-corrected chi connectivity index (χ0v) is 16.6. The Morgan fingerprint density at radius 1 is 1.07 bits per heavy atom. The van der Waals surface area contributed by atoms with Crippen molar-refractivity contribution in [1.29, 1.82) is 0 Å². The number of halogens is 1. The molecular weight excluding hydrogens is 416 g/mol. The van der Waals surface area contributed by atoms with Crippen molar-refractivity contribution in [3.8, 4) is 34.3 Å². The predicted octanol–water partition coefficient (Wildman–Crippen LogP) is 4.14. The molecule has 0 spiro atoms. The van der Waals surface area contributed by atoms with Gasteiger partial charge in [0.15, 0.2) is 28.1 Å². The highest BCUT2D eigenvalue weighted by atomic mass is 35.5. The zero-order valence-electron chi connectivity index (χ0n) is 15.1. The Balaban J connectivity index is 1.28. The number of thiazole rings is 1. The average Bonchev–Trinajstić information content (AvgIpc) is 3.36. The number of fused-ring (bicyclic) bond motifs is 2. The van der Waals surface area contributed by atoms with Gasteiger partial charge in [-0.2, -0.15) is 0 Å². The monoisotopic (exact) mass is 430 g/mol. The number of benzene rings is 2. The second-order valence-electron chi connectivity index (χ2n) is 6.43. The Kier molecular flexibility index (Phi) is 4.65. The van der Waals surface area contributed by atoms with Gasteiger partial charge in [-0.1, -0.05) is 11.6 Å². The molecule has 9 heteroatoms. The molecule has 0 fully saturated rings. The first-order valence-electron chi connectivity index (χ1n) is 8.89. The van der Waals surface area contributed by atoms with Gasteiger partial charge in [0.25, 0.3) is 0 Å². The Hall–Kier alpha value is -2.97. The summed E-state index contributed by atoms with van der Waals surface area (Å²) in [5.74, 6) is 2.30. The Morgan fingerprint density at radius 3 is 2.86 bits per heavy atom. The summed E-state index contributed by atoms with van der Waals surface area (Å²) in [5, 5.41) is 5.67. The summed E-state index contributed by atoms with van der Waals surface area (Å²) in [7, 11) is 0. The fourth-order valence-electron chi connectivity index (χ4n) is 3.13. The van der Waals surface area contributed by atoms with Gasteiger partial charge in [-0.25, -0.2) is 4.98 Å². The fourth-order valence-corrected chi connectivity index (χ4v) is 4.16. The molecule has 3 heterocycles. The molecule has 2 aliphatic rings. The van der Waals surface area contributed by atoms with Crippen LogP contribution in [-0.4, -0.2) is 30.9 Å². The van der Waals surface area contributed by atoms with Crippen LogP contribution in [0.3, 0.4) is 0 Å². The van der Waals surface area contributed by atoms with E-state index in [4.69, 9.17) is 30.5 Å². The molecular formula is C20H15ClN2O5S. The van der Waals surface area contributed by atoms with Crippen LogP contribution in [0.25, 0.3) is 11.3 Å². The van der Waals surface area contributed by atoms with Gasteiger partial charge in [0.2, 0.25) is 12.7 Å². The van der Waals surface area contributed by atoms with Crippen molar-refractivity contribution < 1.29 is 23.7 Å². The summed E-state index contributed by atoms with van der Waals surface area (Å²) in [5.41, 5.74) is 2.39. The molecule has 1 aromatic heterocycles. The Bertz CT molecular complexity index is 1100. The number of amides is 1. The van der Waals surface area contributed by atoms with Crippen molar-refractivity contribution in [2.75, 3.05) is 25.3 Å². The van der Waals surface area contributed by atoms with E-state index in [1.807, 2.05) is 23.6 Å². The van der Waals surface area contributed by atoms with Crippen LogP contribution in [0.2, 0.25) is 5.02 Å². The van der Waals surface area contributed by atoms with Crippen LogP contribution < -0.4 is 24.3 Å². The van der Waals surface area contributed by atoms with E-state index in [0.717, 1.165) is 22.6 Å². The summed E-state index contributed by atoms with van der Waals surface area (Å²) < 4.78 is 21.8. The molecule has 5 rings (SSSR count). The minimum absolute atomic E-state index is 0.148. The van der Waals surface area contributed by atoms with Gasteiger partial charge < -0.3 is 24.3 Å². The van der Waals surface area contributed by atoms with E-state index < -0.39 is 0 Å². The van der Waals surface area contributed by atoms with E-state index >= 15 is 0 Å². The van der Waals surface area contributed by atoms with Crippen LogP contribution in [0.4, 0.5) is 5.13 Å². The van der Waals surface area contributed by atoms with Crippen LogP contribution in [0.1, 0.15) is 5.56 Å². The number of carbonyl (C=O) groups excluding carboxylic acids is 1. The lowest BCUT2D eigenvalue weighted by Crippen LogP contribution is -2.17. The topological polar surface area (TPSA) is 78.9 Å². The van der Waals surface area contributed by atoms with Crippen molar-refractivity contribution >= 4 is 34.0 Å². The Morgan fingerprint density at radius 2 is 1.93 bits per heavy atom. The first kappa shape index (κ1) is 18.1. The maximum absolute atomic E-state index is 12.5. The highest BCUT2D eigenvalue weighted by Crippen LogP contribution is 2.39. The number of nitrogens with one attached hydrogen (secondary N) is 1. The van der Waals surface area contributed by atoms with Gasteiger partial charge in [-0.3, -0.25) is 4.79 Å². The molecule has 1 N–H and O–H groups in total. The third-order valence-electron chi connectivity index (χ3n) is 4.44. The summed E-state index contributed by atoms with van der Waals surface area (Å²) in [6.07, 6.45) is 0.148. The van der Waals surface area contributed by atoms with Gasteiger partial charge in [0.1, 0.15) is 13.2 Å². The normalized spacial score (nSPS) is 14.0. The van der Waals surface area contributed by atoms with Crippen molar-refractivity contribution in [1.82, 2.24) is 4.98 Å². The molecule has 2 aliphatic heterocycles. The van der Waals surface area contributed by atoms with Crippen molar-refractivity contribution in [3.63, 3.8) is 0 Å².